The molecule has 6 rings (SSSR count). The van der Waals surface area contributed by atoms with Gasteiger partial charge in [0, 0.05) is 57.7 Å². The Hall–Kier alpha value is -2.46. The first-order valence-electron chi connectivity index (χ1n) is 12.3. The van der Waals surface area contributed by atoms with Crippen LogP contribution in [0, 0.1) is 0 Å². The molecule has 0 bridgehead atoms. The van der Waals surface area contributed by atoms with Crippen molar-refractivity contribution in [2.45, 2.75) is 17.8 Å². The molecule has 10 heteroatoms. The Kier molecular flexibility index (Phi) is 8.17. The molecule has 0 aliphatic rings. The van der Waals surface area contributed by atoms with Gasteiger partial charge in [-0.15, -0.1) is 10.2 Å². The van der Waals surface area contributed by atoms with Gasteiger partial charge in [-0.2, -0.15) is 0 Å². The van der Waals surface area contributed by atoms with Crippen molar-refractivity contribution < 1.29 is 5.11 Å². The van der Waals surface area contributed by atoms with Crippen LogP contribution in [0.5, 0.6) is 0 Å². The molecule has 0 aliphatic carbocycles. The molecule has 0 amide bonds. The third-order valence-corrected chi connectivity index (χ3v) is 8.89. The Balaban J connectivity index is 1.29. The van der Waals surface area contributed by atoms with Crippen molar-refractivity contribution in [2.24, 2.45) is 0 Å². The number of aromatic nitrogens is 4. The molecule has 0 saturated carbocycles. The highest BCUT2D eigenvalue weighted by Crippen LogP contribution is 2.35. The van der Waals surface area contributed by atoms with Gasteiger partial charge in [0.05, 0.1) is 12.6 Å². The zero-order chi connectivity index (χ0) is 27.8. The normalized spacial score (nSPS) is 12.3. The van der Waals surface area contributed by atoms with Crippen LogP contribution in [0.1, 0.15) is 0 Å². The lowest BCUT2D eigenvalue weighted by Crippen LogP contribution is -2.18. The molecule has 0 saturated heterocycles. The summed E-state index contributed by atoms with van der Waals surface area (Å²) in [5.74, 6) is 0.387. The molecule has 5 nitrogen and oxygen atoms in total. The second-order valence-electron chi connectivity index (χ2n) is 9.21. The number of fused-ring (bicyclic) bond motifs is 3. The van der Waals surface area contributed by atoms with Crippen LogP contribution in [-0.4, -0.2) is 36.7 Å². The maximum Gasteiger partial charge on any atom is 0.209 e. The second-order valence-corrected chi connectivity index (χ2v) is 12.9. The van der Waals surface area contributed by atoms with Crippen LogP contribution < -0.4 is 0 Å². The molecule has 1 N–H and O–H groups in total. The number of hydrogen-bond acceptors (Lipinski definition) is 5. The van der Waals surface area contributed by atoms with E-state index in [0.717, 1.165) is 47.6 Å². The Labute approximate surface area is 261 Å². The monoisotopic (exact) mass is 712 g/mol. The molecule has 40 heavy (non-hydrogen) atoms. The van der Waals surface area contributed by atoms with Gasteiger partial charge < -0.3 is 9.67 Å². The molecular formula is C30H20Br2Cl2N4OS. The highest BCUT2D eigenvalue weighted by atomic mass is 79.9. The number of thioether (sulfide) groups is 1. The fourth-order valence-corrected chi connectivity index (χ4v) is 6.56. The van der Waals surface area contributed by atoms with Crippen LogP contribution in [0.3, 0.4) is 0 Å². The van der Waals surface area contributed by atoms with E-state index in [9.17, 15) is 5.11 Å². The predicted molar refractivity (Wildman–Crippen MR) is 172 cm³/mol. The molecule has 0 aliphatic heterocycles. The Morgan fingerprint density at radius 1 is 0.750 bits per heavy atom. The topological polar surface area (TPSA) is 63.8 Å². The summed E-state index contributed by atoms with van der Waals surface area (Å²) in [7, 11) is 0. The van der Waals surface area contributed by atoms with Crippen LogP contribution >= 0.6 is 66.8 Å². The van der Waals surface area contributed by atoms with E-state index in [1.165, 1.54) is 11.8 Å². The molecule has 200 valence electrons. The van der Waals surface area contributed by atoms with Gasteiger partial charge in [-0.3, -0.25) is 0 Å². The van der Waals surface area contributed by atoms with Gasteiger partial charge >= 0.3 is 0 Å². The summed E-state index contributed by atoms with van der Waals surface area (Å²) in [4.78, 5) is 4.88. The van der Waals surface area contributed by atoms with Crippen molar-refractivity contribution in [3.63, 3.8) is 0 Å². The average molecular weight is 715 g/mol. The smallest absolute Gasteiger partial charge is 0.209 e. The van der Waals surface area contributed by atoms with Gasteiger partial charge in [0.15, 0.2) is 0 Å². The van der Waals surface area contributed by atoms with Crippen molar-refractivity contribution >= 4 is 88.6 Å². The Bertz CT molecular complexity index is 1820. The lowest BCUT2D eigenvalue weighted by molar-refractivity contribution is 0.181. The maximum absolute atomic E-state index is 11.1. The van der Waals surface area contributed by atoms with Crippen molar-refractivity contribution in [3.05, 3.63) is 104 Å². The fraction of sp³-hybridized carbons (Fsp3) is 0.100. The van der Waals surface area contributed by atoms with E-state index in [1.54, 1.807) is 0 Å². The van der Waals surface area contributed by atoms with Crippen molar-refractivity contribution in [3.8, 4) is 22.5 Å². The van der Waals surface area contributed by atoms with E-state index in [1.807, 2.05) is 84.9 Å². The van der Waals surface area contributed by atoms with Gasteiger partial charge in [0.1, 0.15) is 11.4 Å². The molecule has 0 radical (unpaired) electrons. The minimum Gasteiger partial charge on any atom is -0.390 e. The standard InChI is InChI=1S/C30H20Br2Cl2N4OS/c31-19-5-1-3-17(11-19)28-29(18-4-2-6-20(32)12-18)36-37-30(35-28)40-16-23(39)15-38-26-9-7-21(33)13-24(26)25-14-22(34)8-10-27(25)38/h1-14,23,39H,15-16H2. The first-order chi connectivity index (χ1) is 19.4. The molecule has 1 atom stereocenters. The highest BCUT2D eigenvalue weighted by Gasteiger charge is 2.18. The van der Waals surface area contributed by atoms with E-state index in [0.29, 0.717) is 33.2 Å². The van der Waals surface area contributed by atoms with Crippen LogP contribution in [0.4, 0.5) is 0 Å². The highest BCUT2D eigenvalue weighted by molar-refractivity contribution is 9.10. The van der Waals surface area contributed by atoms with Crippen LogP contribution in [-0.2, 0) is 6.54 Å². The fourth-order valence-electron chi connectivity index (χ4n) is 4.72. The minimum atomic E-state index is -0.669. The summed E-state index contributed by atoms with van der Waals surface area (Å²) in [6.07, 6.45) is -0.669. The summed E-state index contributed by atoms with van der Waals surface area (Å²) in [5, 5.41) is 23.9. The number of benzene rings is 4. The lowest BCUT2D eigenvalue weighted by atomic mass is 10.0. The van der Waals surface area contributed by atoms with Gasteiger partial charge in [0.2, 0.25) is 5.16 Å². The molecule has 4 aromatic carbocycles. The molecule has 2 aromatic heterocycles. The van der Waals surface area contributed by atoms with Crippen molar-refractivity contribution in [1.29, 1.82) is 0 Å². The molecule has 0 spiro atoms. The van der Waals surface area contributed by atoms with Gasteiger partial charge in [-0.1, -0.05) is 91.1 Å². The Morgan fingerprint density at radius 3 is 1.90 bits per heavy atom. The number of nitrogens with zero attached hydrogens (tertiary/aromatic N) is 4. The van der Waals surface area contributed by atoms with E-state index in [2.05, 4.69) is 46.6 Å². The molecule has 1 unspecified atom stereocenters. The third-order valence-electron chi connectivity index (χ3n) is 6.45. The van der Waals surface area contributed by atoms with Crippen molar-refractivity contribution in [2.75, 3.05) is 5.75 Å². The molecule has 6 aromatic rings. The number of halogens is 4. The van der Waals surface area contributed by atoms with E-state index >= 15 is 0 Å². The second kappa shape index (κ2) is 11.8. The number of rotatable bonds is 7. The number of hydrogen-bond donors (Lipinski definition) is 1. The van der Waals surface area contributed by atoms with Gasteiger partial charge in [-0.05, 0) is 60.7 Å². The predicted octanol–water partition coefficient (Wildman–Crippen LogP) is 9.30. The van der Waals surface area contributed by atoms with E-state index in [-0.39, 0.29) is 0 Å². The van der Waals surface area contributed by atoms with Gasteiger partial charge in [-0.25, -0.2) is 4.98 Å². The summed E-state index contributed by atoms with van der Waals surface area (Å²) in [6, 6.07) is 27.4. The number of aliphatic hydroxyl groups is 1. The summed E-state index contributed by atoms with van der Waals surface area (Å²) in [5.41, 5.74) is 5.21. The Morgan fingerprint density at radius 2 is 1.32 bits per heavy atom. The number of aliphatic hydroxyl groups excluding tert-OH is 1. The van der Waals surface area contributed by atoms with Crippen molar-refractivity contribution in [1.82, 2.24) is 19.7 Å². The first kappa shape index (κ1) is 27.7. The van der Waals surface area contributed by atoms with Crippen LogP contribution in [0.2, 0.25) is 10.0 Å². The zero-order valence-corrected chi connectivity index (χ0v) is 26.2. The molecule has 2 heterocycles. The van der Waals surface area contributed by atoms with E-state index < -0.39 is 6.10 Å². The molecular weight excluding hydrogens is 695 g/mol. The minimum absolute atomic E-state index is 0.387. The third kappa shape index (κ3) is 5.79. The van der Waals surface area contributed by atoms with E-state index in [4.69, 9.17) is 28.2 Å². The SMILES string of the molecule is OC(CSc1nnc(-c2cccc(Br)c2)c(-c2cccc(Br)c2)n1)Cn1c2ccc(Cl)cc2c2cc(Cl)ccc21. The summed E-state index contributed by atoms with van der Waals surface area (Å²) < 4.78 is 4.00. The van der Waals surface area contributed by atoms with Gasteiger partial charge in [0.25, 0.3) is 0 Å². The quantitative estimate of drug-likeness (QED) is 0.167. The largest absolute Gasteiger partial charge is 0.390 e. The lowest BCUT2D eigenvalue weighted by Gasteiger charge is -2.14. The first-order valence-corrected chi connectivity index (χ1v) is 15.6. The summed E-state index contributed by atoms with van der Waals surface area (Å²) >= 11 is 21.1. The maximum atomic E-state index is 11.1. The zero-order valence-electron chi connectivity index (χ0n) is 20.7. The van der Waals surface area contributed by atoms with Crippen LogP contribution in [0.25, 0.3) is 44.3 Å². The molecule has 0 fully saturated rings. The van der Waals surface area contributed by atoms with Crippen LogP contribution in [0.15, 0.2) is 99.0 Å². The summed E-state index contributed by atoms with van der Waals surface area (Å²) in [6.45, 7) is 0.387. The average Bonchev–Trinajstić information content (AvgIpc) is 3.23.